The number of nitro groups is 1. The van der Waals surface area contributed by atoms with Crippen LogP contribution in [-0.2, 0) is 13.1 Å². The van der Waals surface area contributed by atoms with Gasteiger partial charge in [-0.05, 0) is 43.4 Å². The molecule has 2 N–H and O–H groups in total. The summed E-state index contributed by atoms with van der Waals surface area (Å²) in [6.07, 6.45) is 7.82. The third-order valence-electron chi connectivity index (χ3n) is 6.31. The molecule has 0 saturated carbocycles. The molecule has 11 heteroatoms. The van der Waals surface area contributed by atoms with E-state index in [0.29, 0.717) is 18.8 Å². The molecule has 2 aromatic rings. The quantitative estimate of drug-likeness (QED) is 0.221. The number of ether oxygens (including phenoxy) is 1. The molecule has 1 aromatic heterocycles. The summed E-state index contributed by atoms with van der Waals surface area (Å²) in [6.45, 7) is 9.61. The number of benzene rings is 1. The molecule has 1 aliphatic rings. The third-order valence-corrected chi connectivity index (χ3v) is 6.31. The summed E-state index contributed by atoms with van der Waals surface area (Å²) < 4.78 is 21.6. The highest BCUT2D eigenvalue weighted by atomic mass is 19.1. The molecule has 0 aliphatic carbocycles. The van der Waals surface area contributed by atoms with E-state index in [1.807, 2.05) is 6.92 Å². The van der Waals surface area contributed by atoms with Crippen LogP contribution in [0.4, 0.5) is 15.8 Å². The molecule has 10 nitrogen and oxygen atoms in total. The number of aliphatic hydroxyl groups is 1. The van der Waals surface area contributed by atoms with Gasteiger partial charge in [-0.15, -0.1) is 0 Å². The Morgan fingerprint density at radius 3 is 2.86 bits per heavy atom. The van der Waals surface area contributed by atoms with Crippen LogP contribution < -0.4 is 10.1 Å². The van der Waals surface area contributed by atoms with E-state index < -0.39 is 16.4 Å². The summed E-state index contributed by atoms with van der Waals surface area (Å²) in [5.74, 6) is -0.814. The zero-order valence-electron chi connectivity index (χ0n) is 21.6. The number of nitrogens with zero attached hydrogens (tertiary/aromatic N) is 5. The number of aromatic nitrogens is 1. The second-order valence-corrected chi connectivity index (χ2v) is 8.66. The lowest BCUT2D eigenvalue weighted by Gasteiger charge is -2.19. The number of fused-ring (bicyclic) bond motifs is 1. The molecule has 3 rings (SSSR count). The van der Waals surface area contributed by atoms with Crippen LogP contribution in [0.25, 0.3) is 5.57 Å². The first-order valence-corrected chi connectivity index (χ1v) is 11.9. The predicted molar refractivity (Wildman–Crippen MR) is 144 cm³/mol. The molecule has 0 fully saturated rings. The van der Waals surface area contributed by atoms with E-state index in [2.05, 4.69) is 45.6 Å². The van der Waals surface area contributed by atoms with Crippen LogP contribution in [0.1, 0.15) is 36.6 Å². The van der Waals surface area contributed by atoms with Gasteiger partial charge in [0.15, 0.2) is 0 Å². The molecule has 0 unspecified atom stereocenters. The van der Waals surface area contributed by atoms with Gasteiger partial charge >= 0.3 is 5.69 Å². The summed E-state index contributed by atoms with van der Waals surface area (Å²) in [4.78, 5) is 21.3. The zero-order chi connectivity index (χ0) is 27.1. The van der Waals surface area contributed by atoms with Crippen LogP contribution >= 0.6 is 0 Å². The Kier molecular flexibility index (Phi) is 9.18. The van der Waals surface area contributed by atoms with Crippen molar-refractivity contribution in [3.05, 3.63) is 69.4 Å². The summed E-state index contributed by atoms with van der Waals surface area (Å²) in [6, 6.07) is 1.99. The lowest BCUT2D eigenvalue weighted by Crippen LogP contribution is -2.22. The molecule has 1 aliphatic heterocycles. The summed E-state index contributed by atoms with van der Waals surface area (Å²) in [5.41, 5.74) is 4.65. The Morgan fingerprint density at radius 2 is 2.22 bits per heavy atom. The average molecular weight is 513 g/mol. The van der Waals surface area contributed by atoms with Crippen molar-refractivity contribution in [1.82, 2.24) is 9.47 Å². The molecule has 0 bridgehead atoms. The lowest BCUT2D eigenvalue weighted by atomic mass is 9.99. The average Bonchev–Trinajstić information content (AvgIpc) is 3.21. The van der Waals surface area contributed by atoms with Crippen LogP contribution in [0.15, 0.2) is 46.7 Å². The second-order valence-electron chi connectivity index (χ2n) is 8.66. The highest BCUT2D eigenvalue weighted by Crippen LogP contribution is 2.33. The highest BCUT2D eigenvalue weighted by Gasteiger charge is 2.21. The molecule has 37 heavy (non-hydrogen) atoms. The number of allylic oxidation sites excluding steroid dienone is 3. The zero-order valence-corrected chi connectivity index (χ0v) is 21.6. The van der Waals surface area contributed by atoms with E-state index in [-0.39, 0.29) is 24.0 Å². The van der Waals surface area contributed by atoms with E-state index >= 15 is 0 Å². The normalized spacial score (nSPS) is 14.6. The number of guanidine groups is 1. The number of anilines is 1. The molecule has 0 atom stereocenters. The Hall–Kier alpha value is -3.99. The maximum absolute atomic E-state index is 14.2. The number of methoxy groups -OCH3 is 1. The van der Waals surface area contributed by atoms with Gasteiger partial charge in [-0.2, -0.15) is 4.39 Å². The fourth-order valence-corrected chi connectivity index (χ4v) is 4.19. The number of nitro benzene ring substituents is 1. The van der Waals surface area contributed by atoms with Crippen molar-refractivity contribution in [2.75, 3.05) is 32.6 Å². The van der Waals surface area contributed by atoms with E-state index in [0.717, 1.165) is 42.6 Å². The Labute approximate surface area is 215 Å². The summed E-state index contributed by atoms with van der Waals surface area (Å²) >= 11 is 0. The number of aryl methyl sites for hydroxylation is 1. The van der Waals surface area contributed by atoms with Crippen molar-refractivity contribution >= 4 is 29.1 Å². The largest absolute Gasteiger partial charge is 0.494 e. The molecule has 0 amide bonds. The first-order chi connectivity index (χ1) is 17.7. The van der Waals surface area contributed by atoms with Crippen LogP contribution in [-0.4, -0.2) is 59.0 Å². The van der Waals surface area contributed by atoms with Gasteiger partial charge in [0, 0.05) is 49.9 Å². The number of halogens is 1. The maximum Gasteiger partial charge on any atom is 0.307 e. The van der Waals surface area contributed by atoms with Gasteiger partial charge in [0.05, 0.1) is 37.1 Å². The van der Waals surface area contributed by atoms with E-state index in [1.54, 1.807) is 11.9 Å². The summed E-state index contributed by atoms with van der Waals surface area (Å²) in [5, 5.41) is 23.4. The van der Waals surface area contributed by atoms with Gasteiger partial charge in [-0.3, -0.25) is 10.1 Å². The molecule has 0 spiro atoms. The van der Waals surface area contributed by atoms with Crippen LogP contribution in [0, 0.1) is 22.9 Å². The summed E-state index contributed by atoms with van der Waals surface area (Å²) in [7, 11) is 3.10. The van der Waals surface area contributed by atoms with Crippen LogP contribution in [0.5, 0.6) is 5.75 Å². The Morgan fingerprint density at radius 1 is 1.46 bits per heavy atom. The van der Waals surface area contributed by atoms with E-state index in [4.69, 9.17) is 4.74 Å². The second kappa shape index (κ2) is 12.3. The Balaban J connectivity index is 1.98. The number of likely N-dealkylation sites (N-methyl/N-ethyl adjacent to an activating group) is 1. The van der Waals surface area contributed by atoms with Crippen molar-refractivity contribution in [3.63, 3.8) is 0 Å². The van der Waals surface area contributed by atoms with Crippen molar-refractivity contribution in [2.24, 2.45) is 9.98 Å². The minimum atomic E-state index is -1.01. The first kappa shape index (κ1) is 27.6. The molecule has 0 saturated heterocycles. The van der Waals surface area contributed by atoms with Crippen LogP contribution in [0.2, 0.25) is 0 Å². The monoisotopic (exact) mass is 512 g/mol. The lowest BCUT2D eigenvalue weighted by molar-refractivity contribution is -0.387. The van der Waals surface area contributed by atoms with Gasteiger partial charge in [-0.25, -0.2) is 9.98 Å². The number of hydrogen-bond donors (Lipinski definition) is 2. The van der Waals surface area contributed by atoms with E-state index in [9.17, 15) is 19.6 Å². The molecule has 0 radical (unpaired) electrons. The maximum atomic E-state index is 14.2. The molecule has 198 valence electrons. The van der Waals surface area contributed by atoms with Gasteiger partial charge in [0.2, 0.25) is 11.8 Å². The van der Waals surface area contributed by atoms with Crippen LogP contribution in [0.3, 0.4) is 0 Å². The SMILES string of the molecule is C=C(/C=N\C(=NCc1cn2c(c1C)/C(=C\C)CCC2)Nc1cc([N+](=O)[O-])c(F)cc1OC)N(C)CCO. The van der Waals surface area contributed by atoms with Gasteiger partial charge < -0.3 is 24.6 Å². The minimum Gasteiger partial charge on any atom is -0.494 e. The fraction of sp³-hybridized carbons (Fsp3) is 0.385. The topological polar surface area (TPSA) is 118 Å². The van der Waals surface area contributed by atoms with Crippen molar-refractivity contribution in [3.8, 4) is 5.75 Å². The molecular formula is C26H33FN6O4. The number of nitrogens with one attached hydrogen (secondary N) is 1. The number of rotatable bonds is 9. The number of aliphatic hydroxyl groups excluding tert-OH is 1. The predicted octanol–water partition coefficient (Wildman–Crippen LogP) is 4.53. The number of hydrogen-bond acceptors (Lipinski definition) is 6. The van der Waals surface area contributed by atoms with Crippen molar-refractivity contribution in [2.45, 2.75) is 39.8 Å². The smallest absolute Gasteiger partial charge is 0.307 e. The van der Waals surface area contributed by atoms with Crippen molar-refractivity contribution in [1.29, 1.82) is 0 Å². The van der Waals surface area contributed by atoms with E-state index in [1.165, 1.54) is 24.6 Å². The number of aliphatic imine (C=N–C) groups is 2. The highest BCUT2D eigenvalue weighted by molar-refractivity contribution is 6.01. The molecular weight excluding hydrogens is 479 g/mol. The fourth-order valence-electron chi connectivity index (χ4n) is 4.19. The standard InChI is InChI=1S/C26H33FN6O4/c1-6-19-8-7-9-32-16-20(18(3)25(19)32)15-29-26(28-14-17(2)31(4)10-11-34)30-22-13-23(33(35)36)21(27)12-24(22)37-5/h6,12-14,16,34H,2,7-11,15H2,1,3-5H3,(H,29,30)/b19-6-,28-14-. The molecule has 2 heterocycles. The van der Waals surface area contributed by atoms with Gasteiger partial charge in [0.25, 0.3) is 0 Å². The minimum absolute atomic E-state index is 0.0498. The van der Waals surface area contributed by atoms with Gasteiger partial charge in [-0.1, -0.05) is 12.7 Å². The third kappa shape index (κ3) is 6.42. The Bertz CT molecular complexity index is 1260. The van der Waals surface area contributed by atoms with Gasteiger partial charge in [0.1, 0.15) is 5.75 Å². The first-order valence-electron chi connectivity index (χ1n) is 11.9. The van der Waals surface area contributed by atoms with Crippen molar-refractivity contribution < 1.29 is 19.2 Å². The molecule has 1 aromatic carbocycles.